The number of hydrogen-bond acceptors (Lipinski definition) is 5. The molecule has 30 heavy (non-hydrogen) atoms. The maximum Gasteiger partial charge on any atom is 0.295 e. The van der Waals surface area contributed by atoms with E-state index in [4.69, 9.17) is 9.47 Å². The van der Waals surface area contributed by atoms with E-state index in [9.17, 15) is 14.7 Å². The van der Waals surface area contributed by atoms with Crippen molar-refractivity contribution in [2.75, 3.05) is 20.8 Å². The lowest BCUT2D eigenvalue weighted by atomic mass is 9.94. The van der Waals surface area contributed by atoms with E-state index in [2.05, 4.69) is 0 Å². The molecule has 2 aromatic rings. The summed E-state index contributed by atoms with van der Waals surface area (Å²) in [5.41, 5.74) is 2.39. The van der Waals surface area contributed by atoms with Crippen LogP contribution in [-0.2, 0) is 16.0 Å². The van der Waals surface area contributed by atoms with Crippen LogP contribution in [0, 0.1) is 0 Å². The van der Waals surface area contributed by atoms with E-state index in [1.807, 2.05) is 26.0 Å². The van der Waals surface area contributed by atoms with Gasteiger partial charge in [-0.05, 0) is 36.1 Å². The van der Waals surface area contributed by atoms with E-state index in [1.54, 1.807) is 37.4 Å². The van der Waals surface area contributed by atoms with Crippen LogP contribution in [0.25, 0.3) is 5.76 Å². The predicted molar refractivity (Wildman–Crippen MR) is 115 cm³/mol. The first kappa shape index (κ1) is 21.4. The van der Waals surface area contributed by atoms with Crippen LogP contribution in [0.1, 0.15) is 43.0 Å². The number of aliphatic hydroxyl groups excluding tert-OH is 1. The van der Waals surface area contributed by atoms with Crippen molar-refractivity contribution in [3.8, 4) is 11.5 Å². The molecular formula is C24H27NO5. The molecular weight excluding hydrogens is 382 g/mol. The highest BCUT2D eigenvalue weighted by Gasteiger charge is 2.45. The number of ether oxygens (including phenoxy) is 2. The van der Waals surface area contributed by atoms with Gasteiger partial charge in [-0.1, -0.05) is 44.2 Å². The van der Waals surface area contributed by atoms with E-state index < -0.39 is 17.7 Å². The summed E-state index contributed by atoms with van der Waals surface area (Å²) in [7, 11) is 3.07. The number of methoxy groups -OCH3 is 2. The average molecular weight is 409 g/mol. The normalized spacial score (nSPS) is 18.0. The molecule has 1 aliphatic rings. The third kappa shape index (κ3) is 3.77. The molecule has 0 spiro atoms. The number of Topliss-reactive ketones (excluding diaryl/α,β-unsaturated/α-hetero) is 1. The average Bonchev–Trinajstić information content (AvgIpc) is 3.03. The van der Waals surface area contributed by atoms with Gasteiger partial charge >= 0.3 is 0 Å². The lowest BCUT2D eigenvalue weighted by molar-refractivity contribution is -0.139. The van der Waals surface area contributed by atoms with Crippen molar-refractivity contribution in [1.82, 2.24) is 4.90 Å². The Morgan fingerprint density at radius 1 is 1.00 bits per heavy atom. The molecule has 1 heterocycles. The number of likely N-dealkylation sites (tertiary alicyclic amines) is 1. The van der Waals surface area contributed by atoms with Crippen LogP contribution in [0.15, 0.2) is 48.0 Å². The number of aliphatic hydroxyl groups is 1. The number of ketones is 1. The number of benzene rings is 2. The zero-order valence-electron chi connectivity index (χ0n) is 17.8. The highest BCUT2D eigenvalue weighted by Crippen LogP contribution is 2.41. The maximum atomic E-state index is 12.9. The molecule has 0 radical (unpaired) electrons. The van der Waals surface area contributed by atoms with Gasteiger partial charge in [0.1, 0.15) is 5.76 Å². The van der Waals surface area contributed by atoms with Crippen molar-refractivity contribution in [2.24, 2.45) is 0 Å². The van der Waals surface area contributed by atoms with Crippen LogP contribution < -0.4 is 9.47 Å². The molecule has 6 nitrogen and oxygen atoms in total. The molecule has 3 rings (SSSR count). The summed E-state index contributed by atoms with van der Waals surface area (Å²) in [5.74, 6) is -0.425. The topological polar surface area (TPSA) is 76.1 Å². The number of hydrogen-bond donors (Lipinski definition) is 1. The second kappa shape index (κ2) is 9.03. The Bertz CT molecular complexity index is 978. The Balaban J connectivity index is 2.18. The standard InChI is InChI=1S/C24H27NO5/c1-5-13-25-21(17-11-12-18(29-3)19(14-17)30-4)20(23(27)24(25)28)22(26)16-9-7-15(6-2)8-10-16/h7-12,14,21,26H,5-6,13H2,1-4H3/b22-20-. The molecule has 0 aliphatic carbocycles. The highest BCUT2D eigenvalue weighted by atomic mass is 16.5. The molecule has 158 valence electrons. The van der Waals surface area contributed by atoms with Gasteiger partial charge in [-0.2, -0.15) is 0 Å². The van der Waals surface area contributed by atoms with Crippen molar-refractivity contribution in [3.05, 3.63) is 64.7 Å². The first-order chi connectivity index (χ1) is 14.5. The number of rotatable bonds is 7. The van der Waals surface area contributed by atoms with E-state index in [0.717, 1.165) is 12.0 Å². The first-order valence-corrected chi connectivity index (χ1v) is 10.1. The van der Waals surface area contributed by atoms with Crippen molar-refractivity contribution >= 4 is 17.4 Å². The van der Waals surface area contributed by atoms with Crippen LogP contribution in [0.3, 0.4) is 0 Å². The molecule has 2 aromatic carbocycles. The van der Waals surface area contributed by atoms with Crippen LogP contribution >= 0.6 is 0 Å². The van der Waals surface area contributed by atoms with Crippen molar-refractivity contribution in [2.45, 2.75) is 32.7 Å². The molecule has 0 aromatic heterocycles. The third-order valence-corrected chi connectivity index (χ3v) is 5.36. The fourth-order valence-corrected chi connectivity index (χ4v) is 3.77. The van der Waals surface area contributed by atoms with Crippen molar-refractivity contribution in [3.63, 3.8) is 0 Å². The lowest BCUT2D eigenvalue weighted by Crippen LogP contribution is -2.30. The van der Waals surface area contributed by atoms with Crippen molar-refractivity contribution in [1.29, 1.82) is 0 Å². The van der Waals surface area contributed by atoms with E-state index >= 15 is 0 Å². The molecule has 6 heteroatoms. The first-order valence-electron chi connectivity index (χ1n) is 10.1. The Hall–Kier alpha value is -3.28. The Morgan fingerprint density at radius 2 is 1.67 bits per heavy atom. The summed E-state index contributed by atoms with van der Waals surface area (Å²) < 4.78 is 10.7. The highest BCUT2D eigenvalue weighted by molar-refractivity contribution is 6.46. The van der Waals surface area contributed by atoms with E-state index in [-0.39, 0.29) is 11.3 Å². The van der Waals surface area contributed by atoms with Crippen LogP contribution in [0.2, 0.25) is 0 Å². The summed E-state index contributed by atoms with van der Waals surface area (Å²) in [5, 5.41) is 11.0. The minimum atomic E-state index is -0.699. The summed E-state index contributed by atoms with van der Waals surface area (Å²) in [4.78, 5) is 27.2. The van der Waals surface area contributed by atoms with Gasteiger partial charge in [0.25, 0.3) is 11.7 Å². The second-order valence-electron chi connectivity index (χ2n) is 7.16. The monoisotopic (exact) mass is 409 g/mol. The summed E-state index contributed by atoms with van der Waals surface area (Å²) >= 11 is 0. The minimum absolute atomic E-state index is 0.0879. The number of carbonyl (C=O) groups is 2. The fraction of sp³-hybridized carbons (Fsp3) is 0.333. The second-order valence-corrected chi connectivity index (χ2v) is 7.16. The Labute approximate surface area is 176 Å². The zero-order valence-corrected chi connectivity index (χ0v) is 17.8. The lowest BCUT2D eigenvalue weighted by Gasteiger charge is -2.25. The van der Waals surface area contributed by atoms with Gasteiger partial charge < -0.3 is 19.5 Å². The Morgan fingerprint density at radius 3 is 2.23 bits per heavy atom. The zero-order chi connectivity index (χ0) is 21.8. The molecule has 1 unspecified atom stereocenters. The number of carbonyl (C=O) groups excluding carboxylic acids is 2. The van der Waals surface area contributed by atoms with E-state index in [1.165, 1.54) is 12.0 Å². The van der Waals surface area contributed by atoms with Gasteiger partial charge in [-0.25, -0.2) is 0 Å². The molecule has 1 atom stereocenters. The SMILES string of the molecule is CCCN1C(=O)C(=O)/C(=C(\O)c2ccc(CC)cc2)C1c1ccc(OC)c(OC)c1. The van der Waals surface area contributed by atoms with Gasteiger partial charge in [0.2, 0.25) is 0 Å². The third-order valence-electron chi connectivity index (χ3n) is 5.36. The van der Waals surface area contributed by atoms with Gasteiger partial charge in [0, 0.05) is 12.1 Å². The van der Waals surface area contributed by atoms with Crippen LogP contribution in [0.4, 0.5) is 0 Å². The smallest absolute Gasteiger partial charge is 0.295 e. The van der Waals surface area contributed by atoms with E-state index in [0.29, 0.717) is 35.6 Å². The quantitative estimate of drug-likeness (QED) is 0.423. The summed E-state index contributed by atoms with van der Waals surface area (Å²) in [6.45, 7) is 4.38. The fourth-order valence-electron chi connectivity index (χ4n) is 3.77. The van der Waals surface area contributed by atoms with Gasteiger partial charge in [-0.3, -0.25) is 9.59 Å². The molecule has 1 N–H and O–H groups in total. The van der Waals surface area contributed by atoms with Crippen LogP contribution in [-0.4, -0.2) is 42.5 Å². The molecule has 1 aliphatic heterocycles. The van der Waals surface area contributed by atoms with Crippen LogP contribution in [0.5, 0.6) is 11.5 Å². The largest absolute Gasteiger partial charge is 0.507 e. The predicted octanol–water partition coefficient (Wildman–Crippen LogP) is 4.10. The summed E-state index contributed by atoms with van der Waals surface area (Å²) in [6.07, 6.45) is 1.55. The Kier molecular flexibility index (Phi) is 6.45. The molecule has 1 fully saturated rings. The molecule has 0 bridgehead atoms. The number of nitrogens with zero attached hydrogens (tertiary/aromatic N) is 1. The van der Waals surface area contributed by atoms with Gasteiger partial charge in [0.15, 0.2) is 11.5 Å². The number of aryl methyl sites for hydroxylation is 1. The van der Waals surface area contributed by atoms with Gasteiger partial charge in [0.05, 0.1) is 25.8 Å². The summed E-state index contributed by atoms with van der Waals surface area (Å²) in [6, 6.07) is 11.9. The van der Waals surface area contributed by atoms with Gasteiger partial charge in [-0.15, -0.1) is 0 Å². The maximum absolute atomic E-state index is 12.9. The number of amides is 1. The molecule has 1 saturated heterocycles. The molecule has 1 amide bonds. The minimum Gasteiger partial charge on any atom is -0.507 e. The van der Waals surface area contributed by atoms with Crippen molar-refractivity contribution < 1.29 is 24.2 Å². The molecule has 0 saturated carbocycles.